The van der Waals surface area contributed by atoms with Gasteiger partial charge in [-0.15, -0.1) is 0 Å². The second-order valence-corrected chi connectivity index (χ2v) is 7.71. The summed E-state index contributed by atoms with van der Waals surface area (Å²) in [4.78, 5) is 42.4. The fraction of sp³-hybridized carbons (Fsp3) is 0.667. The van der Waals surface area contributed by atoms with E-state index in [0.717, 1.165) is 31.2 Å². The molecule has 3 heterocycles. The van der Waals surface area contributed by atoms with Gasteiger partial charge in [-0.2, -0.15) is 5.10 Å². The number of aromatic nitrogens is 2. The van der Waals surface area contributed by atoms with Gasteiger partial charge in [0.25, 0.3) is 0 Å². The molecule has 0 aromatic carbocycles. The van der Waals surface area contributed by atoms with E-state index in [2.05, 4.69) is 5.10 Å². The average Bonchev–Trinajstić information content (AvgIpc) is 3.35. The number of amides is 4. The first kappa shape index (κ1) is 17.1. The van der Waals surface area contributed by atoms with Crippen LogP contribution in [0.4, 0.5) is 4.79 Å². The number of nitrogens with zero attached hydrogens (tertiary/aromatic N) is 5. The molecule has 1 aromatic heterocycles. The van der Waals surface area contributed by atoms with E-state index in [4.69, 9.17) is 0 Å². The Labute approximate surface area is 152 Å². The van der Waals surface area contributed by atoms with Gasteiger partial charge in [0.2, 0.25) is 11.8 Å². The monoisotopic (exact) mass is 359 g/mol. The summed E-state index contributed by atoms with van der Waals surface area (Å²) in [6, 6.07) is -0.148. The second kappa shape index (κ2) is 6.41. The van der Waals surface area contributed by atoms with Crippen molar-refractivity contribution < 1.29 is 14.4 Å². The molecular formula is C18H25N5O3. The number of hydrogen-bond acceptors (Lipinski definition) is 4. The summed E-state index contributed by atoms with van der Waals surface area (Å²) in [5, 5.41) is 4.20. The van der Waals surface area contributed by atoms with E-state index in [0.29, 0.717) is 6.42 Å². The van der Waals surface area contributed by atoms with Crippen molar-refractivity contribution in [3.05, 3.63) is 18.0 Å². The van der Waals surface area contributed by atoms with E-state index in [1.807, 2.05) is 13.2 Å². The minimum atomic E-state index is -0.186. The number of carbonyl (C=O) groups is 3. The average molecular weight is 359 g/mol. The van der Waals surface area contributed by atoms with Crippen LogP contribution in [0.15, 0.2) is 12.4 Å². The van der Waals surface area contributed by atoms with E-state index in [-0.39, 0.29) is 48.9 Å². The molecule has 3 fully saturated rings. The molecule has 4 amide bonds. The van der Waals surface area contributed by atoms with Gasteiger partial charge in [0, 0.05) is 50.8 Å². The van der Waals surface area contributed by atoms with Gasteiger partial charge in [-0.05, 0) is 12.8 Å². The predicted octanol–water partition coefficient (Wildman–Crippen LogP) is 1.15. The summed E-state index contributed by atoms with van der Waals surface area (Å²) in [6.07, 6.45) is 8.19. The lowest BCUT2D eigenvalue weighted by Gasteiger charge is -2.27. The van der Waals surface area contributed by atoms with Crippen LogP contribution in [0.25, 0.3) is 0 Å². The maximum Gasteiger partial charge on any atom is 0.327 e. The number of imide groups is 1. The van der Waals surface area contributed by atoms with Crippen LogP contribution < -0.4 is 0 Å². The number of carbonyl (C=O) groups excluding carboxylic acids is 3. The van der Waals surface area contributed by atoms with Crippen LogP contribution in [0.3, 0.4) is 0 Å². The van der Waals surface area contributed by atoms with Crippen molar-refractivity contribution in [1.82, 2.24) is 24.5 Å². The number of rotatable bonds is 4. The number of urea groups is 1. The predicted molar refractivity (Wildman–Crippen MR) is 92.9 cm³/mol. The zero-order valence-electron chi connectivity index (χ0n) is 15.3. The van der Waals surface area contributed by atoms with Crippen molar-refractivity contribution in [2.45, 2.75) is 44.2 Å². The number of aryl methyl sites for hydroxylation is 1. The highest BCUT2D eigenvalue weighted by molar-refractivity contribution is 6.02. The van der Waals surface area contributed by atoms with Crippen LogP contribution in [0.1, 0.15) is 43.7 Å². The largest absolute Gasteiger partial charge is 0.338 e. The summed E-state index contributed by atoms with van der Waals surface area (Å²) in [7, 11) is 3.61. The molecule has 2 saturated heterocycles. The molecule has 2 atom stereocenters. The first-order chi connectivity index (χ1) is 12.5. The highest BCUT2D eigenvalue weighted by Crippen LogP contribution is 2.38. The van der Waals surface area contributed by atoms with Gasteiger partial charge in [0.1, 0.15) is 6.54 Å². The summed E-state index contributed by atoms with van der Waals surface area (Å²) >= 11 is 0. The molecule has 1 saturated carbocycles. The van der Waals surface area contributed by atoms with Gasteiger partial charge >= 0.3 is 6.03 Å². The molecule has 4 rings (SSSR count). The smallest absolute Gasteiger partial charge is 0.327 e. The summed E-state index contributed by atoms with van der Waals surface area (Å²) in [5.41, 5.74) is 0.942. The van der Waals surface area contributed by atoms with E-state index >= 15 is 0 Å². The molecule has 0 radical (unpaired) electrons. The van der Waals surface area contributed by atoms with Crippen molar-refractivity contribution >= 4 is 17.8 Å². The lowest BCUT2D eigenvalue weighted by atomic mass is 9.95. The molecule has 0 bridgehead atoms. The Morgan fingerprint density at radius 2 is 1.85 bits per heavy atom. The molecule has 140 valence electrons. The van der Waals surface area contributed by atoms with Crippen LogP contribution in [-0.2, 0) is 16.6 Å². The Morgan fingerprint density at radius 1 is 1.12 bits per heavy atom. The standard InChI is InChI=1S/C18H25N5O3/c1-20-9-13(8-19-20)17-12(7-15(24)21(17)2)10-23-16(25)11-22(18(23)26)14-5-3-4-6-14/h8-9,12,14,17H,3-7,10-11H2,1-2H3/t12-,17+/m0/s1. The van der Waals surface area contributed by atoms with Gasteiger partial charge in [-0.25, -0.2) is 4.79 Å². The van der Waals surface area contributed by atoms with Crippen molar-refractivity contribution in [3.63, 3.8) is 0 Å². The molecule has 26 heavy (non-hydrogen) atoms. The van der Waals surface area contributed by atoms with Crippen LogP contribution in [0.5, 0.6) is 0 Å². The van der Waals surface area contributed by atoms with Crippen LogP contribution in [-0.4, -0.2) is 68.5 Å². The van der Waals surface area contributed by atoms with Crippen molar-refractivity contribution in [3.8, 4) is 0 Å². The summed E-state index contributed by atoms with van der Waals surface area (Å²) in [5.74, 6) is -0.211. The maximum absolute atomic E-state index is 12.8. The van der Waals surface area contributed by atoms with Gasteiger partial charge in [0.05, 0.1) is 12.2 Å². The Balaban J connectivity index is 1.52. The highest BCUT2D eigenvalue weighted by Gasteiger charge is 2.45. The van der Waals surface area contributed by atoms with E-state index in [1.54, 1.807) is 27.7 Å². The number of likely N-dealkylation sites (tertiary alicyclic amines) is 1. The van der Waals surface area contributed by atoms with Gasteiger partial charge in [0.15, 0.2) is 0 Å². The molecule has 8 nitrogen and oxygen atoms in total. The van der Waals surface area contributed by atoms with E-state index in [1.165, 1.54) is 4.90 Å². The second-order valence-electron chi connectivity index (χ2n) is 7.71. The van der Waals surface area contributed by atoms with Crippen molar-refractivity contribution in [1.29, 1.82) is 0 Å². The normalized spacial score (nSPS) is 27.5. The van der Waals surface area contributed by atoms with Crippen molar-refractivity contribution in [2.75, 3.05) is 20.1 Å². The third-order valence-electron chi connectivity index (χ3n) is 6.03. The zero-order valence-corrected chi connectivity index (χ0v) is 15.3. The van der Waals surface area contributed by atoms with Crippen LogP contribution >= 0.6 is 0 Å². The first-order valence-electron chi connectivity index (χ1n) is 9.31. The fourth-order valence-corrected chi connectivity index (χ4v) is 4.68. The lowest BCUT2D eigenvalue weighted by molar-refractivity contribution is -0.128. The van der Waals surface area contributed by atoms with Crippen molar-refractivity contribution in [2.24, 2.45) is 13.0 Å². The molecule has 3 aliphatic rings. The van der Waals surface area contributed by atoms with Gasteiger partial charge in [-0.1, -0.05) is 12.8 Å². The van der Waals surface area contributed by atoms with Gasteiger partial charge < -0.3 is 9.80 Å². The Morgan fingerprint density at radius 3 is 2.50 bits per heavy atom. The molecular weight excluding hydrogens is 334 g/mol. The molecule has 0 N–H and O–H groups in total. The maximum atomic E-state index is 12.8. The molecule has 0 spiro atoms. The quantitative estimate of drug-likeness (QED) is 0.756. The third-order valence-corrected chi connectivity index (χ3v) is 6.03. The minimum Gasteiger partial charge on any atom is -0.338 e. The van der Waals surface area contributed by atoms with E-state index in [9.17, 15) is 14.4 Å². The van der Waals surface area contributed by atoms with Crippen LogP contribution in [0, 0.1) is 5.92 Å². The molecule has 1 aromatic rings. The SMILES string of the molecule is CN1C(=O)C[C@@H](CN2C(=O)CN(C3CCCC3)C2=O)[C@@H]1c1cnn(C)c1. The lowest BCUT2D eigenvalue weighted by Crippen LogP contribution is -2.40. The minimum absolute atomic E-state index is 0.0376. The Bertz CT molecular complexity index is 739. The van der Waals surface area contributed by atoms with Crippen LogP contribution in [0.2, 0.25) is 0 Å². The zero-order chi connectivity index (χ0) is 18.4. The number of hydrogen-bond donors (Lipinski definition) is 0. The highest BCUT2D eigenvalue weighted by atomic mass is 16.2. The van der Waals surface area contributed by atoms with E-state index < -0.39 is 0 Å². The summed E-state index contributed by atoms with van der Waals surface area (Å²) < 4.78 is 1.71. The van der Waals surface area contributed by atoms with Gasteiger partial charge in [-0.3, -0.25) is 19.2 Å². The third kappa shape index (κ3) is 2.77. The summed E-state index contributed by atoms with van der Waals surface area (Å²) in [6.45, 7) is 0.466. The topological polar surface area (TPSA) is 78.8 Å². The first-order valence-corrected chi connectivity index (χ1v) is 9.31. The molecule has 1 aliphatic carbocycles. The Kier molecular flexibility index (Phi) is 4.20. The molecule has 2 aliphatic heterocycles. The fourth-order valence-electron chi connectivity index (χ4n) is 4.68. The molecule has 0 unspecified atom stereocenters. The molecule has 8 heteroatoms. The Hall–Kier alpha value is -2.38.